The summed E-state index contributed by atoms with van der Waals surface area (Å²) in [5.74, 6) is -0.563. The number of amides is 1. The second kappa shape index (κ2) is 8.39. The minimum absolute atomic E-state index is 0.0312. The molecule has 0 aromatic carbocycles. The van der Waals surface area contributed by atoms with Crippen LogP contribution in [0.15, 0.2) is 18.3 Å². The lowest BCUT2D eigenvalue weighted by Gasteiger charge is -2.17. The molecule has 0 spiro atoms. The molecule has 5 heteroatoms. The van der Waals surface area contributed by atoms with Crippen LogP contribution in [0.3, 0.4) is 0 Å². The molecule has 1 aromatic rings. The molecule has 0 fully saturated rings. The minimum atomic E-state index is -0.824. The predicted octanol–water partition coefficient (Wildman–Crippen LogP) is 2.19. The van der Waals surface area contributed by atoms with E-state index < -0.39 is 5.97 Å². The molecule has 5 nitrogen and oxygen atoms in total. The highest BCUT2D eigenvalue weighted by Gasteiger charge is 2.16. The average Bonchev–Trinajstić information content (AvgIpc) is 2.37. The molecule has 1 amide bonds. The van der Waals surface area contributed by atoms with Gasteiger partial charge in [0.05, 0.1) is 12.1 Å². The van der Waals surface area contributed by atoms with Crippen LogP contribution in [0.25, 0.3) is 0 Å². The van der Waals surface area contributed by atoms with E-state index >= 15 is 0 Å². The summed E-state index contributed by atoms with van der Waals surface area (Å²) < 4.78 is 0. The van der Waals surface area contributed by atoms with E-state index in [1.54, 1.807) is 6.20 Å². The number of aromatic nitrogens is 1. The van der Waals surface area contributed by atoms with Gasteiger partial charge in [0, 0.05) is 19.2 Å². The summed E-state index contributed by atoms with van der Waals surface area (Å²) >= 11 is 0. The summed E-state index contributed by atoms with van der Waals surface area (Å²) in [5.41, 5.74) is 1.74. The molecule has 0 saturated heterocycles. The van der Waals surface area contributed by atoms with Gasteiger partial charge in [0.15, 0.2) is 0 Å². The van der Waals surface area contributed by atoms with Crippen LogP contribution >= 0.6 is 0 Å². The molecular formula is C16H24N2O3. The highest BCUT2D eigenvalue weighted by molar-refractivity contribution is 5.78. The van der Waals surface area contributed by atoms with Gasteiger partial charge in [-0.05, 0) is 36.8 Å². The largest absolute Gasteiger partial charge is 0.481 e. The van der Waals surface area contributed by atoms with Crippen LogP contribution in [0.1, 0.15) is 37.9 Å². The van der Waals surface area contributed by atoms with E-state index in [4.69, 9.17) is 5.11 Å². The Labute approximate surface area is 125 Å². The molecule has 1 aromatic heterocycles. The Kier molecular flexibility index (Phi) is 6.85. The fraction of sp³-hybridized carbons (Fsp3) is 0.562. The Bertz CT molecular complexity index is 486. The lowest BCUT2D eigenvalue weighted by molar-refractivity contribution is -0.138. The van der Waals surface area contributed by atoms with Crippen LogP contribution in [0.2, 0.25) is 0 Å². The number of nitrogens with zero attached hydrogens (tertiary/aromatic N) is 1. The van der Waals surface area contributed by atoms with Crippen LogP contribution < -0.4 is 5.32 Å². The topological polar surface area (TPSA) is 79.3 Å². The first-order valence-corrected chi connectivity index (χ1v) is 7.27. The first-order valence-electron chi connectivity index (χ1n) is 7.27. The predicted molar refractivity (Wildman–Crippen MR) is 80.9 cm³/mol. The summed E-state index contributed by atoms with van der Waals surface area (Å²) in [5, 5.41) is 11.7. The van der Waals surface area contributed by atoms with Crippen LogP contribution in [0.4, 0.5) is 0 Å². The number of rotatable bonds is 8. The third kappa shape index (κ3) is 6.88. The molecule has 1 heterocycles. The molecule has 0 radical (unpaired) electrons. The van der Waals surface area contributed by atoms with Gasteiger partial charge in [0.1, 0.15) is 0 Å². The Hall–Kier alpha value is -1.91. The van der Waals surface area contributed by atoms with Crippen LogP contribution in [-0.2, 0) is 16.0 Å². The first kappa shape index (κ1) is 17.1. The van der Waals surface area contributed by atoms with Gasteiger partial charge in [-0.2, -0.15) is 0 Å². The molecule has 0 saturated carbocycles. The standard InChI is InChI=1S/C16H24N2O3/c1-11(2)7-13(8-16(20)21)10-18-15(19)9-14-12(3)5-4-6-17-14/h4-6,11,13H,7-10H2,1-3H3,(H,18,19)(H,20,21)/t13-/m0/s1. The van der Waals surface area contributed by atoms with Crippen molar-refractivity contribution in [2.24, 2.45) is 11.8 Å². The summed E-state index contributed by atoms with van der Waals surface area (Å²) in [6.07, 6.45) is 2.77. The molecule has 21 heavy (non-hydrogen) atoms. The van der Waals surface area contributed by atoms with E-state index in [2.05, 4.69) is 10.3 Å². The Morgan fingerprint density at radius 2 is 2.10 bits per heavy atom. The van der Waals surface area contributed by atoms with Gasteiger partial charge in [-0.1, -0.05) is 19.9 Å². The molecule has 0 bridgehead atoms. The Morgan fingerprint density at radius 3 is 2.67 bits per heavy atom. The highest BCUT2D eigenvalue weighted by atomic mass is 16.4. The van der Waals surface area contributed by atoms with Crippen molar-refractivity contribution in [1.82, 2.24) is 10.3 Å². The number of nitrogens with one attached hydrogen (secondary N) is 1. The smallest absolute Gasteiger partial charge is 0.303 e. The third-order valence-corrected chi connectivity index (χ3v) is 3.30. The molecule has 0 unspecified atom stereocenters. The maximum absolute atomic E-state index is 11.9. The number of hydrogen-bond donors (Lipinski definition) is 2. The second-order valence-corrected chi connectivity index (χ2v) is 5.84. The Balaban J connectivity index is 2.49. The van der Waals surface area contributed by atoms with Crippen molar-refractivity contribution in [3.63, 3.8) is 0 Å². The van der Waals surface area contributed by atoms with Crippen molar-refractivity contribution >= 4 is 11.9 Å². The zero-order valence-corrected chi connectivity index (χ0v) is 12.9. The fourth-order valence-corrected chi connectivity index (χ4v) is 2.33. The molecule has 0 aliphatic heterocycles. The number of pyridine rings is 1. The number of carboxylic acids is 1. The molecular weight excluding hydrogens is 268 g/mol. The minimum Gasteiger partial charge on any atom is -0.481 e. The van der Waals surface area contributed by atoms with E-state index in [1.807, 2.05) is 32.9 Å². The number of carboxylic acid groups (broad SMARTS) is 1. The van der Waals surface area contributed by atoms with Crippen molar-refractivity contribution < 1.29 is 14.7 Å². The number of aliphatic carboxylic acids is 1. The van der Waals surface area contributed by atoms with Crippen LogP contribution in [-0.4, -0.2) is 28.5 Å². The average molecular weight is 292 g/mol. The maximum Gasteiger partial charge on any atom is 0.303 e. The first-order chi connectivity index (χ1) is 9.88. The van der Waals surface area contributed by atoms with Crippen molar-refractivity contribution in [2.45, 2.75) is 40.0 Å². The summed E-state index contributed by atoms with van der Waals surface area (Å²) in [7, 11) is 0. The van der Waals surface area contributed by atoms with Gasteiger partial charge in [-0.25, -0.2) is 0 Å². The monoisotopic (exact) mass is 292 g/mol. The van der Waals surface area contributed by atoms with E-state index in [0.717, 1.165) is 17.7 Å². The molecule has 1 atom stereocenters. The lowest BCUT2D eigenvalue weighted by atomic mass is 9.94. The van der Waals surface area contributed by atoms with Crippen LogP contribution in [0.5, 0.6) is 0 Å². The maximum atomic E-state index is 11.9. The third-order valence-electron chi connectivity index (χ3n) is 3.30. The van der Waals surface area contributed by atoms with Crippen LogP contribution in [0, 0.1) is 18.8 Å². The van der Waals surface area contributed by atoms with Crippen molar-refractivity contribution in [3.8, 4) is 0 Å². The molecule has 2 N–H and O–H groups in total. The summed E-state index contributed by atoms with van der Waals surface area (Å²) in [4.78, 5) is 27.0. The van der Waals surface area contributed by atoms with E-state index in [-0.39, 0.29) is 24.7 Å². The number of carbonyl (C=O) groups excluding carboxylic acids is 1. The number of carbonyl (C=O) groups is 2. The van der Waals surface area contributed by atoms with E-state index in [1.165, 1.54) is 0 Å². The van der Waals surface area contributed by atoms with E-state index in [9.17, 15) is 9.59 Å². The molecule has 0 aliphatic carbocycles. The number of hydrogen-bond acceptors (Lipinski definition) is 3. The van der Waals surface area contributed by atoms with Gasteiger partial charge in [0.2, 0.25) is 5.91 Å². The SMILES string of the molecule is Cc1cccnc1CC(=O)NC[C@H](CC(=O)O)CC(C)C. The fourth-order valence-electron chi connectivity index (χ4n) is 2.33. The molecule has 116 valence electrons. The number of aryl methyl sites for hydroxylation is 1. The second-order valence-electron chi connectivity index (χ2n) is 5.84. The summed E-state index contributed by atoms with van der Waals surface area (Å²) in [6, 6.07) is 3.75. The zero-order chi connectivity index (χ0) is 15.8. The van der Waals surface area contributed by atoms with Gasteiger partial charge < -0.3 is 10.4 Å². The lowest BCUT2D eigenvalue weighted by Crippen LogP contribution is -2.32. The van der Waals surface area contributed by atoms with Crippen molar-refractivity contribution in [2.75, 3.05) is 6.54 Å². The van der Waals surface area contributed by atoms with Crippen molar-refractivity contribution in [1.29, 1.82) is 0 Å². The van der Waals surface area contributed by atoms with Gasteiger partial charge in [-0.15, -0.1) is 0 Å². The van der Waals surface area contributed by atoms with Gasteiger partial charge in [0.25, 0.3) is 0 Å². The molecule has 1 rings (SSSR count). The van der Waals surface area contributed by atoms with E-state index in [0.29, 0.717) is 12.5 Å². The highest BCUT2D eigenvalue weighted by Crippen LogP contribution is 2.14. The zero-order valence-electron chi connectivity index (χ0n) is 12.9. The quantitative estimate of drug-likeness (QED) is 0.769. The summed E-state index contributed by atoms with van der Waals surface area (Å²) in [6.45, 7) is 6.42. The van der Waals surface area contributed by atoms with Crippen molar-refractivity contribution in [3.05, 3.63) is 29.6 Å². The Morgan fingerprint density at radius 1 is 1.38 bits per heavy atom. The molecule has 0 aliphatic rings. The van der Waals surface area contributed by atoms with Gasteiger partial charge >= 0.3 is 5.97 Å². The normalized spacial score (nSPS) is 12.2. The van der Waals surface area contributed by atoms with Gasteiger partial charge in [-0.3, -0.25) is 14.6 Å².